The molecule has 116 valence electrons. The summed E-state index contributed by atoms with van der Waals surface area (Å²) in [6.07, 6.45) is 10.3. The number of nitrogens with one attached hydrogen (secondary N) is 1. The average molecular weight is 287 g/mol. The second kappa shape index (κ2) is 6.39. The molecule has 2 nitrogen and oxygen atoms in total. The van der Waals surface area contributed by atoms with Crippen LogP contribution in [0.1, 0.15) is 69.9 Å². The van der Waals surface area contributed by atoms with Crippen LogP contribution in [-0.2, 0) is 0 Å². The number of benzene rings is 1. The van der Waals surface area contributed by atoms with E-state index in [1.165, 1.54) is 50.5 Å². The van der Waals surface area contributed by atoms with E-state index < -0.39 is 0 Å². The van der Waals surface area contributed by atoms with E-state index >= 15 is 0 Å². The molecule has 0 amide bonds. The van der Waals surface area contributed by atoms with Gasteiger partial charge in [-0.3, -0.25) is 0 Å². The van der Waals surface area contributed by atoms with Crippen LogP contribution >= 0.6 is 0 Å². The zero-order valence-corrected chi connectivity index (χ0v) is 13.5. The lowest BCUT2D eigenvalue weighted by molar-refractivity contribution is 0.0161. The molecule has 2 aliphatic rings. The molecule has 0 bridgehead atoms. The molecule has 1 aliphatic carbocycles. The molecule has 3 atom stereocenters. The van der Waals surface area contributed by atoms with E-state index in [4.69, 9.17) is 4.74 Å². The van der Waals surface area contributed by atoms with Crippen molar-refractivity contribution in [1.82, 2.24) is 5.32 Å². The Morgan fingerprint density at radius 1 is 1.24 bits per heavy atom. The fourth-order valence-corrected chi connectivity index (χ4v) is 4.33. The summed E-state index contributed by atoms with van der Waals surface area (Å²) in [5.41, 5.74) is 1.41. The van der Waals surface area contributed by atoms with E-state index in [1.807, 2.05) is 0 Å². The first kappa shape index (κ1) is 14.9. The summed E-state index contributed by atoms with van der Waals surface area (Å²) in [6.45, 7) is 2.31. The SMILES string of the molecule is CCCC1CCCC2(CC1)CC(NC)c1ccccc1O2. The topological polar surface area (TPSA) is 21.3 Å². The number of para-hydroxylation sites is 1. The molecule has 1 aromatic rings. The van der Waals surface area contributed by atoms with Crippen LogP contribution in [0, 0.1) is 5.92 Å². The second-order valence-electron chi connectivity index (χ2n) is 6.95. The molecule has 21 heavy (non-hydrogen) atoms. The Balaban J connectivity index is 1.80. The normalized spacial score (nSPS) is 32.3. The van der Waals surface area contributed by atoms with Gasteiger partial charge in [-0.15, -0.1) is 0 Å². The number of hydrogen-bond donors (Lipinski definition) is 1. The molecule has 1 aliphatic heterocycles. The minimum absolute atomic E-state index is 0.0739. The van der Waals surface area contributed by atoms with Crippen LogP contribution in [-0.4, -0.2) is 12.6 Å². The van der Waals surface area contributed by atoms with Crippen LogP contribution in [0.15, 0.2) is 24.3 Å². The molecule has 0 aromatic heterocycles. The van der Waals surface area contributed by atoms with E-state index in [2.05, 4.69) is 43.6 Å². The Bertz CT molecular complexity index is 472. The van der Waals surface area contributed by atoms with Crippen molar-refractivity contribution >= 4 is 0 Å². The Morgan fingerprint density at radius 3 is 2.90 bits per heavy atom. The van der Waals surface area contributed by atoms with Gasteiger partial charge >= 0.3 is 0 Å². The molecule has 3 unspecified atom stereocenters. The first-order chi connectivity index (χ1) is 10.3. The van der Waals surface area contributed by atoms with Gasteiger partial charge in [0.1, 0.15) is 11.4 Å². The molecule has 0 saturated heterocycles. The predicted octanol–water partition coefficient (Wildman–Crippen LogP) is 4.85. The van der Waals surface area contributed by atoms with E-state index in [0.717, 1.165) is 18.1 Å². The van der Waals surface area contributed by atoms with Crippen molar-refractivity contribution in [1.29, 1.82) is 0 Å². The first-order valence-electron chi connectivity index (χ1n) is 8.71. The van der Waals surface area contributed by atoms with Gasteiger partial charge in [0.25, 0.3) is 0 Å². The van der Waals surface area contributed by atoms with Crippen molar-refractivity contribution in [2.24, 2.45) is 5.92 Å². The maximum Gasteiger partial charge on any atom is 0.124 e. The summed E-state index contributed by atoms with van der Waals surface area (Å²) in [5, 5.41) is 3.51. The zero-order chi connectivity index (χ0) is 14.7. The van der Waals surface area contributed by atoms with Gasteiger partial charge < -0.3 is 10.1 Å². The molecule has 1 aromatic carbocycles. The standard InChI is InChI=1S/C19H29NO/c1-3-7-15-8-6-12-19(13-11-15)14-17(20-2)16-9-4-5-10-18(16)21-19/h4-5,9-10,15,17,20H,3,6-8,11-14H2,1-2H3. The Kier molecular flexibility index (Phi) is 4.54. The lowest BCUT2D eigenvalue weighted by Gasteiger charge is -2.42. The van der Waals surface area contributed by atoms with Crippen molar-refractivity contribution in [3.05, 3.63) is 29.8 Å². The van der Waals surface area contributed by atoms with Crippen LogP contribution in [0.5, 0.6) is 5.75 Å². The highest BCUT2D eigenvalue weighted by Crippen LogP contribution is 2.46. The quantitative estimate of drug-likeness (QED) is 0.858. The number of hydrogen-bond acceptors (Lipinski definition) is 2. The van der Waals surface area contributed by atoms with Crippen LogP contribution in [0.2, 0.25) is 0 Å². The molecular weight excluding hydrogens is 258 g/mol. The minimum Gasteiger partial charge on any atom is -0.487 e. The van der Waals surface area contributed by atoms with Gasteiger partial charge in [0.2, 0.25) is 0 Å². The fourth-order valence-electron chi connectivity index (χ4n) is 4.33. The zero-order valence-electron chi connectivity index (χ0n) is 13.5. The van der Waals surface area contributed by atoms with Crippen molar-refractivity contribution < 1.29 is 4.74 Å². The highest BCUT2D eigenvalue weighted by molar-refractivity contribution is 5.39. The van der Waals surface area contributed by atoms with Gasteiger partial charge in [-0.05, 0) is 44.7 Å². The smallest absolute Gasteiger partial charge is 0.124 e. The van der Waals surface area contributed by atoms with Gasteiger partial charge in [-0.1, -0.05) is 44.4 Å². The Hall–Kier alpha value is -1.02. The predicted molar refractivity (Wildman–Crippen MR) is 87.7 cm³/mol. The van der Waals surface area contributed by atoms with Gasteiger partial charge in [0.15, 0.2) is 0 Å². The Labute approximate surface area is 129 Å². The van der Waals surface area contributed by atoms with Crippen LogP contribution in [0.4, 0.5) is 0 Å². The summed E-state index contributed by atoms with van der Waals surface area (Å²) >= 11 is 0. The summed E-state index contributed by atoms with van der Waals surface area (Å²) in [6, 6.07) is 9.02. The fraction of sp³-hybridized carbons (Fsp3) is 0.684. The van der Waals surface area contributed by atoms with Crippen LogP contribution in [0.3, 0.4) is 0 Å². The van der Waals surface area contributed by atoms with Gasteiger partial charge in [-0.25, -0.2) is 0 Å². The number of ether oxygens (including phenoxy) is 1. The summed E-state index contributed by atoms with van der Waals surface area (Å²) in [5.74, 6) is 2.03. The average Bonchev–Trinajstić information content (AvgIpc) is 2.70. The maximum absolute atomic E-state index is 6.56. The van der Waals surface area contributed by atoms with Crippen molar-refractivity contribution in [2.45, 2.75) is 69.9 Å². The molecule has 0 radical (unpaired) electrons. The molecule has 1 spiro atoms. The van der Waals surface area contributed by atoms with Crippen molar-refractivity contribution in [2.75, 3.05) is 7.05 Å². The first-order valence-corrected chi connectivity index (χ1v) is 8.71. The molecule has 1 saturated carbocycles. The lowest BCUT2D eigenvalue weighted by atomic mass is 9.82. The second-order valence-corrected chi connectivity index (χ2v) is 6.95. The van der Waals surface area contributed by atoms with E-state index in [0.29, 0.717) is 6.04 Å². The number of rotatable bonds is 3. The van der Waals surface area contributed by atoms with Gasteiger partial charge in [0, 0.05) is 18.0 Å². The third-order valence-corrected chi connectivity index (χ3v) is 5.50. The molecule has 3 rings (SSSR count). The number of fused-ring (bicyclic) bond motifs is 1. The molecule has 1 heterocycles. The molecule has 2 heteroatoms. The van der Waals surface area contributed by atoms with E-state index in [9.17, 15) is 0 Å². The van der Waals surface area contributed by atoms with Crippen LogP contribution in [0.25, 0.3) is 0 Å². The van der Waals surface area contributed by atoms with Crippen molar-refractivity contribution in [3.63, 3.8) is 0 Å². The third-order valence-electron chi connectivity index (χ3n) is 5.50. The Morgan fingerprint density at radius 2 is 2.10 bits per heavy atom. The van der Waals surface area contributed by atoms with E-state index in [1.54, 1.807) is 0 Å². The van der Waals surface area contributed by atoms with Crippen LogP contribution < -0.4 is 10.1 Å². The summed E-state index contributed by atoms with van der Waals surface area (Å²) in [4.78, 5) is 0. The largest absolute Gasteiger partial charge is 0.487 e. The summed E-state index contributed by atoms with van der Waals surface area (Å²) in [7, 11) is 2.08. The van der Waals surface area contributed by atoms with Gasteiger partial charge in [0.05, 0.1) is 0 Å². The molecule has 1 N–H and O–H groups in total. The third kappa shape index (κ3) is 3.11. The van der Waals surface area contributed by atoms with E-state index in [-0.39, 0.29) is 5.60 Å². The molecular formula is C19H29NO. The highest BCUT2D eigenvalue weighted by atomic mass is 16.5. The monoisotopic (exact) mass is 287 g/mol. The maximum atomic E-state index is 6.56. The highest BCUT2D eigenvalue weighted by Gasteiger charge is 2.41. The molecule has 1 fully saturated rings. The minimum atomic E-state index is 0.0739. The summed E-state index contributed by atoms with van der Waals surface area (Å²) < 4.78 is 6.56. The van der Waals surface area contributed by atoms with Crippen molar-refractivity contribution in [3.8, 4) is 5.75 Å². The lowest BCUT2D eigenvalue weighted by Crippen LogP contribution is -2.43. The van der Waals surface area contributed by atoms with Gasteiger partial charge in [-0.2, -0.15) is 0 Å².